The van der Waals surface area contributed by atoms with Crippen LogP contribution in [0.15, 0.2) is 30.5 Å². The van der Waals surface area contributed by atoms with Gasteiger partial charge in [0.05, 0.1) is 11.4 Å². The first-order chi connectivity index (χ1) is 8.61. The largest absolute Gasteiger partial charge is 0.316 e. The average Bonchev–Trinajstić information content (AvgIpc) is 2.79. The van der Waals surface area contributed by atoms with Crippen LogP contribution in [0.4, 0.5) is 0 Å². The minimum Gasteiger partial charge on any atom is -0.316 e. The van der Waals surface area contributed by atoms with E-state index >= 15 is 0 Å². The molecule has 0 unspecified atom stereocenters. The number of aromatic nitrogens is 2. The molecule has 0 saturated carbocycles. The van der Waals surface area contributed by atoms with Crippen molar-refractivity contribution in [1.82, 2.24) is 15.1 Å². The molecule has 0 amide bonds. The smallest absolute Gasteiger partial charge is 0.0690 e. The Balaban J connectivity index is 2.42. The third-order valence-electron chi connectivity index (χ3n) is 3.05. The molecule has 1 aromatic heterocycles. The van der Waals surface area contributed by atoms with Crippen molar-refractivity contribution in [3.05, 3.63) is 47.3 Å². The molecule has 0 aliphatic heterocycles. The Hall–Kier alpha value is -1.61. The van der Waals surface area contributed by atoms with Crippen LogP contribution in [0.25, 0.3) is 5.69 Å². The van der Waals surface area contributed by atoms with Crippen molar-refractivity contribution in [1.29, 1.82) is 0 Å². The van der Waals surface area contributed by atoms with E-state index < -0.39 is 0 Å². The lowest BCUT2D eigenvalue weighted by Crippen LogP contribution is -2.10. The fourth-order valence-electron chi connectivity index (χ4n) is 2.05. The molecule has 18 heavy (non-hydrogen) atoms. The van der Waals surface area contributed by atoms with Crippen molar-refractivity contribution in [3.8, 4) is 5.69 Å². The third kappa shape index (κ3) is 2.62. The van der Waals surface area contributed by atoms with Gasteiger partial charge in [-0.1, -0.05) is 31.5 Å². The second-order valence-electron chi connectivity index (χ2n) is 5.00. The van der Waals surface area contributed by atoms with Crippen LogP contribution in [0.5, 0.6) is 0 Å². The monoisotopic (exact) mass is 243 g/mol. The van der Waals surface area contributed by atoms with E-state index in [9.17, 15) is 0 Å². The van der Waals surface area contributed by atoms with Gasteiger partial charge in [0.2, 0.25) is 0 Å². The van der Waals surface area contributed by atoms with Gasteiger partial charge in [-0.25, -0.2) is 4.68 Å². The second kappa shape index (κ2) is 5.36. The summed E-state index contributed by atoms with van der Waals surface area (Å²) in [5, 5.41) is 7.85. The molecular formula is C15H21N3. The van der Waals surface area contributed by atoms with Crippen LogP contribution in [-0.4, -0.2) is 16.8 Å². The summed E-state index contributed by atoms with van der Waals surface area (Å²) < 4.78 is 1.97. The first-order valence-corrected chi connectivity index (χ1v) is 6.42. The van der Waals surface area contributed by atoms with Gasteiger partial charge in [0, 0.05) is 12.7 Å². The van der Waals surface area contributed by atoms with Gasteiger partial charge in [-0.2, -0.15) is 5.10 Å². The second-order valence-corrected chi connectivity index (χ2v) is 5.00. The zero-order chi connectivity index (χ0) is 13.1. The Bertz CT molecular complexity index is 526. The van der Waals surface area contributed by atoms with Gasteiger partial charge in [0.1, 0.15) is 0 Å². The van der Waals surface area contributed by atoms with E-state index in [1.54, 1.807) is 0 Å². The molecule has 0 aliphatic rings. The van der Waals surface area contributed by atoms with E-state index in [-0.39, 0.29) is 0 Å². The first-order valence-electron chi connectivity index (χ1n) is 6.42. The maximum absolute atomic E-state index is 4.64. The Labute approximate surface area is 109 Å². The standard InChI is InChI=1S/C15H21N3/c1-11(2)14-7-8-18(17-14)15-6-5-12(3)9-13(15)10-16-4/h5-9,11,16H,10H2,1-4H3. The molecule has 96 valence electrons. The molecule has 0 radical (unpaired) electrons. The van der Waals surface area contributed by atoms with Gasteiger partial charge in [0.25, 0.3) is 0 Å². The zero-order valence-corrected chi connectivity index (χ0v) is 11.6. The maximum Gasteiger partial charge on any atom is 0.0690 e. The number of hydrogen-bond donors (Lipinski definition) is 1. The number of aryl methyl sites for hydroxylation is 1. The minimum absolute atomic E-state index is 0.462. The van der Waals surface area contributed by atoms with Crippen LogP contribution in [0.2, 0.25) is 0 Å². The van der Waals surface area contributed by atoms with E-state index in [0.29, 0.717) is 5.92 Å². The Kier molecular flexibility index (Phi) is 3.82. The van der Waals surface area contributed by atoms with Crippen molar-refractivity contribution in [2.24, 2.45) is 0 Å². The van der Waals surface area contributed by atoms with Gasteiger partial charge in [-0.15, -0.1) is 0 Å². The van der Waals surface area contributed by atoms with Gasteiger partial charge < -0.3 is 5.32 Å². The van der Waals surface area contributed by atoms with Gasteiger partial charge >= 0.3 is 0 Å². The molecule has 1 heterocycles. The normalized spacial score (nSPS) is 11.2. The summed E-state index contributed by atoms with van der Waals surface area (Å²) in [5.74, 6) is 0.462. The van der Waals surface area contributed by atoms with Crippen LogP contribution in [0.3, 0.4) is 0 Å². The van der Waals surface area contributed by atoms with Crippen molar-refractivity contribution in [2.45, 2.75) is 33.2 Å². The summed E-state index contributed by atoms with van der Waals surface area (Å²) in [4.78, 5) is 0. The molecular weight excluding hydrogens is 222 g/mol. The average molecular weight is 243 g/mol. The molecule has 0 fully saturated rings. The molecule has 2 aromatic rings. The molecule has 0 atom stereocenters. The fourth-order valence-corrected chi connectivity index (χ4v) is 2.05. The number of hydrogen-bond acceptors (Lipinski definition) is 2. The first kappa shape index (κ1) is 12.8. The van der Waals surface area contributed by atoms with Crippen LogP contribution < -0.4 is 5.32 Å². The Morgan fingerprint density at radius 2 is 2.06 bits per heavy atom. The van der Waals surface area contributed by atoms with Gasteiger partial charge in [-0.05, 0) is 37.6 Å². The topological polar surface area (TPSA) is 29.9 Å². The van der Waals surface area contributed by atoms with E-state index in [0.717, 1.165) is 17.9 Å². The quantitative estimate of drug-likeness (QED) is 0.894. The Morgan fingerprint density at radius 1 is 1.28 bits per heavy atom. The van der Waals surface area contributed by atoms with E-state index in [4.69, 9.17) is 0 Å². The highest BCUT2D eigenvalue weighted by molar-refractivity contribution is 5.43. The summed E-state index contributed by atoms with van der Waals surface area (Å²) in [6, 6.07) is 8.57. The SMILES string of the molecule is CNCc1cc(C)ccc1-n1ccc(C(C)C)n1. The molecule has 1 aromatic carbocycles. The summed E-state index contributed by atoms with van der Waals surface area (Å²) in [5.41, 5.74) is 4.84. The number of benzene rings is 1. The lowest BCUT2D eigenvalue weighted by Gasteiger charge is -2.10. The molecule has 0 saturated heterocycles. The molecule has 0 bridgehead atoms. The van der Waals surface area contributed by atoms with E-state index in [1.807, 2.05) is 17.9 Å². The lowest BCUT2D eigenvalue weighted by atomic mass is 10.1. The van der Waals surface area contributed by atoms with Crippen LogP contribution in [0.1, 0.15) is 36.6 Å². The predicted octanol–water partition coefficient (Wildman–Crippen LogP) is 3.02. The van der Waals surface area contributed by atoms with Crippen molar-refractivity contribution < 1.29 is 0 Å². The summed E-state index contributed by atoms with van der Waals surface area (Å²) in [6.07, 6.45) is 2.04. The summed E-state index contributed by atoms with van der Waals surface area (Å²) in [6.45, 7) is 7.30. The van der Waals surface area contributed by atoms with Crippen LogP contribution in [-0.2, 0) is 6.54 Å². The van der Waals surface area contributed by atoms with Crippen molar-refractivity contribution >= 4 is 0 Å². The number of nitrogens with zero attached hydrogens (tertiary/aromatic N) is 2. The third-order valence-corrected chi connectivity index (χ3v) is 3.05. The molecule has 3 heteroatoms. The molecule has 1 N–H and O–H groups in total. The maximum atomic E-state index is 4.64. The van der Waals surface area contributed by atoms with Gasteiger partial charge in [0.15, 0.2) is 0 Å². The molecule has 0 aliphatic carbocycles. The summed E-state index contributed by atoms with van der Waals surface area (Å²) in [7, 11) is 1.97. The fraction of sp³-hybridized carbons (Fsp3) is 0.400. The highest BCUT2D eigenvalue weighted by atomic mass is 15.3. The van der Waals surface area contributed by atoms with Crippen LogP contribution >= 0.6 is 0 Å². The predicted molar refractivity (Wildman–Crippen MR) is 75.2 cm³/mol. The van der Waals surface area contributed by atoms with Crippen molar-refractivity contribution in [2.75, 3.05) is 7.05 Å². The van der Waals surface area contributed by atoms with E-state index in [1.165, 1.54) is 11.1 Å². The van der Waals surface area contributed by atoms with Crippen molar-refractivity contribution in [3.63, 3.8) is 0 Å². The highest BCUT2D eigenvalue weighted by Gasteiger charge is 2.08. The lowest BCUT2D eigenvalue weighted by molar-refractivity contribution is 0.751. The van der Waals surface area contributed by atoms with Crippen LogP contribution in [0, 0.1) is 6.92 Å². The number of nitrogens with one attached hydrogen (secondary N) is 1. The van der Waals surface area contributed by atoms with Gasteiger partial charge in [-0.3, -0.25) is 0 Å². The number of rotatable bonds is 4. The molecule has 0 spiro atoms. The van der Waals surface area contributed by atoms with E-state index in [2.05, 4.69) is 55.5 Å². The molecule has 2 rings (SSSR count). The zero-order valence-electron chi connectivity index (χ0n) is 11.6. The highest BCUT2D eigenvalue weighted by Crippen LogP contribution is 2.18. The summed E-state index contributed by atoms with van der Waals surface area (Å²) >= 11 is 0. The molecule has 3 nitrogen and oxygen atoms in total. The minimum atomic E-state index is 0.462. The Morgan fingerprint density at radius 3 is 2.67 bits per heavy atom.